The molecular weight excluding hydrogens is 273 g/mol. The van der Waals surface area contributed by atoms with E-state index in [-0.39, 0.29) is 12.3 Å². The van der Waals surface area contributed by atoms with Gasteiger partial charge in [0.05, 0.1) is 5.52 Å². The summed E-state index contributed by atoms with van der Waals surface area (Å²) >= 11 is 0. The van der Waals surface area contributed by atoms with Gasteiger partial charge >= 0.3 is 5.97 Å². The maximum absolute atomic E-state index is 13.2. The first kappa shape index (κ1) is 13.2. The van der Waals surface area contributed by atoms with Crippen LogP contribution in [-0.2, 0) is 6.61 Å². The SMILES string of the molecule is O=C(O)c1cc2cc(F)ccc2n1OCc1ccccc1. The molecule has 3 rings (SSSR count). The Kier molecular flexibility index (Phi) is 3.31. The van der Waals surface area contributed by atoms with Gasteiger partial charge in [0.2, 0.25) is 0 Å². The van der Waals surface area contributed by atoms with Crippen LogP contribution in [-0.4, -0.2) is 15.8 Å². The van der Waals surface area contributed by atoms with E-state index in [2.05, 4.69) is 0 Å². The molecule has 0 atom stereocenters. The number of rotatable bonds is 4. The van der Waals surface area contributed by atoms with E-state index >= 15 is 0 Å². The predicted octanol–water partition coefficient (Wildman–Crippen LogP) is 3.11. The van der Waals surface area contributed by atoms with Gasteiger partial charge in [-0.15, -0.1) is 0 Å². The van der Waals surface area contributed by atoms with Crippen molar-refractivity contribution in [3.8, 4) is 0 Å². The molecule has 0 aliphatic heterocycles. The first-order chi connectivity index (χ1) is 10.1. The molecule has 1 heterocycles. The number of hydrogen-bond acceptors (Lipinski definition) is 2. The number of aromatic nitrogens is 1. The number of nitrogens with zero attached hydrogens (tertiary/aromatic N) is 1. The molecule has 4 nitrogen and oxygen atoms in total. The van der Waals surface area contributed by atoms with Gasteiger partial charge in [0, 0.05) is 5.39 Å². The second-order valence-corrected chi connectivity index (χ2v) is 4.59. The van der Waals surface area contributed by atoms with E-state index in [0.717, 1.165) is 5.56 Å². The summed E-state index contributed by atoms with van der Waals surface area (Å²) in [6, 6.07) is 14.9. The molecule has 0 amide bonds. The minimum atomic E-state index is -1.13. The average Bonchev–Trinajstić information content (AvgIpc) is 2.84. The number of carbonyl (C=O) groups is 1. The summed E-state index contributed by atoms with van der Waals surface area (Å²) in [6.07, 6.45) is 0. The Hall–Kier alpha value is -2.82. The molecule has 0 unspecified atom stereocenters. The second kappa shape index (κ2) is 5.28. The zero-order valence-electron chi connectivity index (χ0n) is 11.0. The van der Waals surface area contributed by atoms with E-state index in [4.69, 9.17) is 4.84 Å². The number of carboxylic acids is 1. The van der Waals surface area contributed by atoms with Crippen LogP contribution in [0, 0.1) is 5.82 Å². The molecule has 0 fully saturated rings. The molecule has 106 valence electrons. The van der Waals surface area contributed by atoms with Crippen LogP contribution in [0.1, 0.15) is 16.1 Å². The maximum Gasteiger partial charge on any atom is 0.356 e. The van der Waals surface area contributed by atoms with Gasteiger partial charge < -0.3 is 9.94 Å². The van der Waals surface area contributed by atoms with Gasteiger partial charge in [0.1, 0.15) is 12.4 Å². The monoisotopic (exact) mass is 285 g/mol. The Bertz CT molecular complexity index is 796. The number of halogens is 1. The van der Waals surface area contributed by atoms with Crippen molar-refractivity contribution >= 4 is 16.9 Å². The Morgan fingerprint density at radius 2 is 1.90 bits per heavy atom. The molecule has 0 saturated heterocycles. The van der Waals surface area contributed by atoms with Gasteiger partial charge in [-0.2, -0.15) is 4.73 Å². The van der Waals surface area contributed by atoms with E-state index in [0.29, 0.717) is 10.9 Å². The van der Waals surface area contributed by atoms with Crippen LogP contribution in [0.3, 0.4) is 0 Å². The quantitative estimate of drug-likeness (QED) is 0.801. The van der Waals surface area contributed by atoms with E-state index in [9.17, 15) is 14.3 Å². The fourth-order valence-electron chi connectivity index (χ4n) is 2.16. The molecule has 0 saturated carbocycles. The molecule has 0 aliphatic rings. The fourth-order valence-corrected chi connectivity index (χ4v) is 2.16. The highest BCUT2D eigenvalue weighted by atomic mass is 19.1. The summed E-state index contributed by atoms with van der Waals surface area (Å²) in [7, 11) is 0. The minimum Gasteiger partial charge on any atom is -0.476 e. The lowest BCUT2D eigenvalue weighted by atomic mass is 10.2. The van der Waals surface area contributed by atoms with Crippen molar-refractivity contribution in [1.29, 1.82) is 0 Å². The summed E-state index contributed by atoms with van der Waals surface area (Å²) in [5.41, 5.74) is 1.40. The lowest BCUT2D eigenvalue weighted by Crippen LogP contribution is -2.16. The Morgan fingerprint density at radius 3 is 2.62 bits per heavy atom. The zero-order valence-corrected chi connectivity index (χ0v) is 11.0. The second-order valence-electron chi connectivity index (χ2n) is 4.59. The molecule has 3 aromatic rings. The van der Waals surface area contributed by atoms with Crippen LogP contribution < -0.4 is 4.84 Å². The highest BCUT2D eigenvalue weighted by molar-refractivity contribution is 5.94. The molecule has 0 aliphatic carbocycles. The molecule has 0 bridgehead atoms. The van der Waals surface area contributed by atoms with Crippen molar-refractivity contribution in [2.75, 3.05) is 0 Å². The number of benzene rings is 2. The summed E-state index contributed by atoms with van der Waals surface area (Å²) in [5.74, 6) is -1.54. The lowest BCUT2D eigenvalue weighted by molar-refractivity contribution is 0.0589. The van der Waals surface area contributed by atoms with Gasteiger partial charge in [-0.25, -0.2) is 9.18 Å². The molecular formula is C16H12FNO3. The number of fused-ring (bicyclic) bond motifs is 1. The molecule has 21 heavy (non-hydrogen) atoms. The van der Waals surface area contributed by atoms with Crippen molar-refractivity contribution < 1.29 is 19.1 Å². The van der Waals surface area contributed by atoms with Gasteiger partial charge in [-0.05, 0) is 29.8 Å². The smallest absolute Gasteiger partial charge is 0.356 e. The zero-order chi connectivity index (χ0) is 14.8. The topological polar surface area (TPSA) is 51.5 Å². The van der Waals surface area contributed by atoms with Crippen LogP contribution in [0.2, 0.25) is 0 Å². The van der Waals surface area contributed by atoms with Crippen molar-refractivity contribution in [3.05, 3.63) is 71.7 Å². The van der Waals surface area contributed by atoms with Crippen LogP contribution in [0.5, 0.6) is 0 Å². The van der Waals surface area contributed by atoms with E-state index in [1.807, 2.05) is 30.3 Å². The average molecular weight is 285 g/mol. The third kappa shape index (κ3) is 2.58. The summed E-state index contributed by atoms with van der Waals surface area (Å²) < 4.78 is 14.5. The highest BCUT2D eigenvalue weighted by Gasteiger charge is 2.16. The minimum absolute atomic E-state index is 0.0356. The predicted molar refractivity (Wildman–Crippen MR) is 75.6 cm³/mol. The van der Waals surface area contributed by atoms with Crippen molar-refractivity contribution in [1.82, 2.24) is 4.73 Å². The summed E-state index contributed by atoms with van der Waals surface area (Å²) in [6.45, 7) is 0.224. The normalized spacial score (nSPS) is 10.7. The molecule has 5 heteroatoms. The number of aromatic carboxylic acids is 1. The molecule has 0 radical (unpaired) electrons. The Morgan fingerprint density at radius 1 is 1.14 bits per heavy atom. The Balaban J connectivity index is 1.99. The third-order valence-electron chi connectivity index (χ3n) is 3.14. The van der Waals surface area contributed by atoms with Gasteiger partial charge in [-0.1, -0.05) is 30.3 Å². The van der Waals surface area contributed by atoms with Crippen LogP contribution in [0.15, 0.2) is 54.6 Å². The van der Waals surface area contributed by atoms with E-state index in [1.54, 1.807) is 0 Å². The maximum atomic E-state index is 13.2. The number of hydrogen-bond donors (Lipinski definition) is 1. The van der Waals surface area contributed by atoms with E-state index in [1.165, 1.54) is 29.0 Å². The van der Waals surface area contributed by atoms with Crippen LogP contribution >= 0.6 is 0 Å². The van der Waals surface area contributed by atoms with Gasteiger partial charge in [0.15, 0.2) is 5.69 Å². The standard InChI is InChI=1S/C16H12FNO3/c17-13-6-7-14-12(8-13)9-15(16(19)20)18(14)21-10-11-4-2-1-3-5-11/h1-9H,10H2,(H,19,20). The van der Waals surface area contributed by atoms with Gasteiger partial charge in [0.25, 0.3) is 0 Å². The van der Waals surface area contributed by atoms with Crippen LogP contribution in [0.4, 0.5) is 4.39 Å². The molecule has 1 aromatic heterocycles. The van der Waals surface area contributed by atoms with Crippen molar-refractivity contribution in [3.63, 3.8) is 0 Å². The molecule has 2 aromatic carbocycles. The number of carboxylic acid groups (broad SMARTS) is 1. The first-order valence-electron chi connectivity index (χ1n) is 6.36. The fraction of sp³-hybridized carbons (Fsp3) is 0.0625. The summed E-state index contributed by atoms with van der Waals surface area (Å²) in [4.78, 5) is 16.9. The van der Waals surface area contributed by atoms with E-state index < -0.39 is 11.8 Å². The lowest BCUT2D eigenvalue weighted by Gasteiger charge is -2.10. The first-order valence-corrected chi connectivity index (χ1v) is 6.36. The van der Waals surface area contributed by atoms with Gasteiger partial charge in [-0.3, -0.25) is 0 Å². The molecule has 1 N–H and O–H groups in total. The molecule has 0 spiro atoms. The van der Waals surface area contributed by atoms with Crippen LogP contribution in [0.25, 0.3) is 10.9 Å². The largest absolute Gasteiger partial charge is 0.476 e. The summed E-state index contributed by atoms with van der Waals surface area (Å²) in [5, 5.41) is 9.73. The highest BCUT2D eigenvalue weighted by Crippen LogP contribution is 2.20. The van der Waals surface area contributed by atoms with Crippen molar-refractivity contribution in [2.45, 2.75) is 6.61 Å². The Labute approximate surface area is 120 Å². The van der Waals surface area contributed by atoms with Crippen molar-refractivity contribution in [2.24, 2.45) is 0 Å². The third-order valence-corrected chi connectivity index (χ3v) is 3.14.